The summed E-state index contributed by atoms with van der Waals surface area (Å²) in [6, 6.07) is 6.83. The van der Waals surface area contributed by atoms with Crippen molar-refractivity contribution in [3.8, 4) is 0 Å². The van der Waals surface area contributed by atoms with Crippen molar-refractivity contribution in [3.05, 3.63) is 34.9 Å². The minimum absolute atomic E-state index is 0.605. The van der Waals surface area contributed by atoms with Gasteiger partial charge in [0.05, 0.1) is 0 Å². The normalized spacial score (nSPS) is 13.5. The van der Waals surface area contributed by atoms with E-state index in [2.05, 4.69) is 0 Å². The second-order valence-electron chi connectivity index (χ2n) is 4.53. The first-order valence-electron chi connectivity index (χ1n) is 4.98. The van der Waals surface area contributed by atoms with Crippen LogP contribution in [0.4, 0.5) is 0 Å². The van der Waals surface area contributed by atoms with Crippen LogP contribution < -0.4 is 5.73 Å². The standard InChI is InChI=1S/C11H15ClNO2Si/c1-16(2,3)15-10(11(13)14)8-4-6-9(12)7-5-8/h4-7,10,13H,1-3H3. The second-order valence-corrected chi connectivity index (χ2v) is 9.42. The van der Waals surface area contributed by atoms with Crippen LogP contribution in [0.25, 0.3) is 0 Å². The Morgan fingerprint density at radius 2 is 1.81 bits per heavy atom. The SMILES string of the molecule is C[Si](C)(C)OC(C([NH])=O)c1ccc(Cl)cc1. The van der Waals surface area contributed by atoms with E-state index in [-0.39, 0.29) is 0 Å². The fraction of sp³-hybridized carbons (Fsp3) is 0.364. The fourth-order valence-corrected chi connectivity index (χ4v) is 2.34. The molecule has 1 amide bonds. The molecule has 0 aliphatic carbocycles. The maximum absolute atomic E-state index is 11.2. The first kappa shape index (κ1) is 13.2. The number of amides is 1. The zero-order valence-corrected chi connectivity index (χ0v) is 11.3. The van der Waals surface area contributed by atoms with E-state index in [0.717, 1.165) is 0 Å². The number of nitrogens with one attached hydrogen (secondary N) is 1. The van der Waals surface area contributed by atoms with Gasteiger partial charge < -0.3 is 4.43 Å². The van der Waals surface area contributed by atoms with Crippen molar-refractivity contribution >= 4 is 25.8 Å². The summed E-state index contributed by atoms with van der Waals surface area (Å²) in [4.78, 5) is 11.2. The Bertz CT molecular complexity index is 373. The zero-order valence-electron chi connectivity index (χ0n) is 9.58. The van der Waals surface area contributed by atoms with Gasteiger partial charge in [0.25, 0.3) is 5.91 Å². The molecule has 0 fully saturated rings. The predicted molar refractivity (Wildman–Crippen MR) is 66.7 cm³/mol. The minimum Gasteiger partial charge on any atom is -0.402 e. The summed E-state index contributed by atoms with van der Waals surface area (Å²) >= 11 is 5.77. The topological polar surface area (TPSA) is 50.1 Å². The van der Waals surface area contributed by atoms with Gasteiger partial charge in [0.2, 0.25) is 0 Å². The number of hydrogen-bond acceptors (Lipinski definition) is 2. The Balaban J connectivity index is 2.94. The molecule has 1 aromatic carbocycles. The monoisotopic (exact) mass is 256 g/mol. The summed E-state index contributed by atoms with van der Waals surface area (Å²) in [5.41, 5.74) is 7.92. The van der Waals surface area contributed by atoms with Crippen molar-refractivity contribution in [3.63, 3.8) is 0 Å². The molecule has 0 heterocycles. The average Bonchev–Trinajstić information content (AvgIpc) is 2.14. The molecule has 1 rings (SSSR count). The minimum atomic E-state index is -1.85. The maximum atomic E-state index is 11.2. The van der Waals surface area contributed by atoms with Gasteiger partial charge >= 0.3 is 0 Å². The van der Waals surface area contributed by atoms with E-state index < -0.39 is 20.3 Å². The number of benzene rings is 1. The van der Waals surface area contributed by atoms with Gasteiger partial charge in [-0.25, -0.2) is 0 Å². The Morgan fingerprint density at radius 3 is 2.19 bits per heavy atom. The van der Waals surface area contributed by atoms with E-state index in [9.17, 15) is 4.79 Å². The highest BCUT2D eigenvalue weighted by Gasteiger charge is 2.26. The van der Waals surface area contributed by atoms with E-state index in [4.69, 9.17) is 21.8 Å². The van der Waals surface area contributed by atoms with Gasteiger partial charge in [-0.1, -0.05) is 23.7 Å². The fourth-order valence-electron chi connectivity index (χ4n) is 1.26. The number of carbonyl (C=O) groups is 1. The van der Waals surface area contributed by atoms with Gasteiger partial charge in [-0.3, -0.25) is 10.5 Å². The van der Waals surface area contributed by atoms with Crippen molar-refractivity contribution in [1.82, 2.24) is 5.73 Å². The van der Waals surface area contributed by atoms with Crippen molar-refractivity contribution < 1.29 is 9.22 Å². The van der Waals surface area contributed by atoms with Crippen LogP contribution in [0.2, 0.25) is 24.7 Å². The molecular formula is C11H15ClNO2Si. The molecule has 0 aromatic heterocycles. The molecule has 0 saturated heterocycles. The van der Waals surface area contributed by atoms with Gasteiger partial charge in [0, 0.05) is 5.02 Å². The van der Waals surface area contributed by atoms with Gasteiger partial charge in [-0.15, -0.1) is 0 Å². The largest absolute Gasteiger partial charge is 0.402 e. The lowest BCUT2D eigenvalue weighted by Gasteiger charge is -2.24. The molecule has 0 aliphatic rings. The Hall–Kier alpha value is -0.843. The van der Waals surface area contributed by atoms with Crippen molar-refractivity contribution in [2.45, 2.75) is 25.7 Å². The highest BCUT2D eigenvalue weighted by atomic mass is 35.5. The van der Waals surface area contributed by atoms with Gasteiger partial charge in [-0.05, 0) is 37.3 Å². The lowest BCUT2D eigenvalue weighted by molar-refractivity contribution is -0.126. The van der Waals surface area contributed by atoms with Crippen molar-refractivity contribution in [2.75, 3.05) is 0 Å². The molecule has 0 bridgehead atoms. The third-order valence-electron chi connectivity index (χ3n) is 1.88. The zero-order chi connectivity index (χ0) is 12.3. The summed E-state index contributed by atoms with van der Waals surface area (Å²) in [6.07, 6.45) is -0.788. The first-order chi connectivity index (χ1) is 7.29. The number of rotatable bonds is 4. The molecule has 16 heavy (non-hydrogen) atoms. The summed E-state index contributed by atoms with van der Waals surface area (Å²) in [7, 11) is -1.85. The summed E-state index contributed by atoms with van der Waals surface area (Å²) in [5.74, 6) is -0.718. The van der Waals surface area contributed by atoms with Gasteiger partial charge in [-0.2, -0.15) is 0 Å². The van der Waals surface area contributed by atoms with Crippen LogP contribution in [0.1, 0.15) is 11.7 Å². The molecule has 0 spiro atoms. The lowest BCUT2D eigenvalue weighted by Crippen LogP contribution is -2.31. The predicted octanol–water partition coefficient (Wildman–Crippen LogP) is 3.04. The molecule has 0 aliphatic heterocycles. The Morgan fingerprint density at radius 1 is 1.31 bits per heavy atom. The third kappa shape index (κ3) is 3.96. The average molecular weight is 257 g/mol. The van der Waals surface area contributed by atoms with Crippen LogP contribution >= 0.6 is 11.6 Å². The van der Waals surface area contributed by atoms with Crippen LogP contribution in [0.5, 0.6) is 0 Å². The van der Waals surface area contributed by atoms with E-state index in [0.29, 0.717) is 10.6 Å². The highest BCUT2D eigenvalue weighted by Crippen LogP contribution is 2.23. The maximum Gasteiger partial charge on any atom is 0.270 e. The van der Waals surface area contributed by atoms with Crippen LogP contribution in [0, 0.1) is 0 Å². The van der Waals surface area contributed by atoms with E-state index in [1.807, 2.05) is 19.6 Å². The highest BCUT2D eigenvalue weighted by molar-refractivity contribution is 6.69. The Labute approximate surface area is 102 Å². The Kier molecular flexibility index (Phi) is 4.13. The molecule has 87 valence electrons. The smallest absolute Gasteiger partial charge is 0.270 e. The molecule has 1 aromatic rings. The molecule has 1 atom stereocenters. The quantitative estimate of drug-likeness (QED) is 0.778. The molecule has 1 unspecified atom stereocenters. The molecule has 0 saturated carbocycles. The molecule has 5 heteroatoms. The number of halogens is 1. The van der Waals surface area contributed by atoms with Crippen molar-refractivity contribution in [1.29, 1.82) is 0 Å². The first-order valence-corrected chi connectivity index (χ1v) is 8.77. The molecular weight excluding hydrogens is 242 g/mol. The lowest BCUT2D eigenvalue weighted by atomic mass is 10.1. The summed E-state index contributed by atoms with van der Waals surface area (Å²) < 4.78 is 5.68. The van der Waals surface area contributed by atoms with Crippen LogP contribution in [0.15, 0.2) is 24.3 Å². The third-order valence-corrected chi connectivity index (χ3v) is 3.08. The summed E-state index contributed by atoms with van der Waals surface area (Å²) in [6.45, 7) is 5.95. The van der Waals surface area contributed by atoms with E-state index >= 15 is 0 Å². The van der Waals surface area contributed by atoms with E-state index in [1.165, 1.54) is 0 Å². The van der Waals surface area contributed by atoms with E-state index in [1.54, 1.807) is 24.3 Å². The molecule has 1 radical (unpaired) electrons. The van der Waals surface area contributed by atoms with Crippen LogP contribution in [0.3, 0.4) is 0 Å². The number of hydrogen-bond donors (Lipinski definition) is 0. The van der Waals surface area contributed by atoms with Crippen molar-refractivity contribution in [2.24, 2.45) is 0 Å². The molecule has 3 nitrogen and oxygen atoms in total. The summed E-state index contributed by atoms with van der Waals surface area (Å²) in [5, 5.41) is 0.605. The second kappa shape index (κ2) is 4.99. The van der Waals surface area contributed by atoms with Crippen LogP contribution in [-0.4, -0.2) is 14.2 Å². The van der Waals surface area contributed by atoms with Crippen LogP contribution in [-0.2, 0) is 9.22 Å². The van der Waals surface area contributed by atoms with Gasteiger partial charge in [0.15, 0.2) is 14.4 Å². The van der Waals surface area contributed by atoms with Gasteiger partial charge in [0.1, 0.15) is 0 Å². The molecule has 1 N–H and O–H groups in total. The number of carbonyl (C=O) groups excluding carboxylic acids is 1.